The Labute approximate surface area is 146 Å². The van der Waals surface area contributed by atoms with Gasteiger partial charge < -0.3 is 9.84 Å². The minimum absolute atomic E-state index is 0.0259. The second-order valence-corrected chi connectivity index (χ2v) is 5.86. The standard InChI is InChI=1S/C17H14BrNO5/c1-10-3-4-12(7-14(10)19(22)23)15(20)6-5-11-8-17(24-2)16(21)9-13(11)18/h3-9,21H,1-2H3. The Bertz CT molecular complexity index is 845. The summed E-state index contributed by atoms with van der Waals surface area (Å²) in [6.45, 7) is 1.61. The molecule has 0 saturated heterocycles. The molecule has 0 spiro atoms. The molecule has 0 bridgehead atoms. The predicted octanol–water partition coefficient (Wildman–Crippen LogP) is 4.28. The number of nitro groups is 1. The number of aryl methyl sites for hydroxylation is 1. The molecule has 0 amide bonds. The Hall–Kier alpha value is -2.67. The molecule has 2 aromatic carbocycles. The summed E-state index contributed by atoms with van der Waals surface area (Å²) in [7, 11) is 1.42. The highest BCUT2D eigenvalue weighted by atomic mass is 79.9. The van der Waals surface area contributed by atoms with Crippen molar-refractivity contribution in [1.82, 2.24) is 0 Å². The number of allylic oxidation sites excluding steroid dienone is 1. The Morgan fingerprint density at radius 1 is 1.33 bits per heavy atom. The summed E-state index contributed by atoms with van der Waals surface area (Å²) in [5.74, 6) is -0.115. The van der Waals surface area contributed by atoms with Gasteiger partial charge in [-0.05, 0) is 36.8 Å². The first-order chi connectivity index (χ1) is 11.3. The predicted molar refractivity (Wildman–Crippen MR) is 93.6 cm³/mol. The van der Waals surface area contributed by atoms with E-state index in [4.69, 9.17) is 4.74 Å². The molecule has 0 heterocycles. The van der Waals surface area contributed by atoms with E-state index >= 15 is 0 Å². The van der Waals surface area contributed by atoms with Gasteiger partial charge >= 0.3 is 0 Å². The molecule has 7 heteroatoms. The SMILES string of the molecule is COc1cc(C=CC(=O)c2ccc(C)c([N+](=O)[O-])c2)c(Br)cc1O. The van der Waals surface area contributed by atoms with Gasteiger partial charge in [-0.25, -0.2) is 0 Å². The van der Waals surface area contributed by atoms with Gasteiger partial charge in [0.25, 0.3) is 5.69 Å². The van der Waals surface area contributed by atoms with E-state index in [2.05, 4.69) is 15.9 Å². The Morgan fingerprint density at radius 3 is 2.67 bits per heavy atom. The second kappa shape index (κ2) is 7.27. The van der Waals surface area contributed by atoms with Crippen LogP contribution in [0.4, 0.5) is 5.69 Å². The molecular weight excluding hydrogens is 378 g/mol. The lowest BCUT2D eigenvalue weighted by atomic mass is 10.1. The molecule has 24 heavy (non-hydrogen) atoms. The van der Waals surface area contributed by atoms with Gasteiger partial charge in [0, 0.05) is 21.7 Å². The van der Waals surface area contributed by atoms with Gasteiger partial charge in [-0.15, -0.1) is 0 Å². The van der Waals surface area contributed by atoms with Crippen molar-refractivity contribution in [3.05, 3.63) is 67.7 Å². The summed E-state index contributed by atoms with van der Waals surface area (Å²) >= 11 is 3.29. The van der Waals surface area contributed by atoms with Crippen LogP contribution in [-0.4, -0.2) is 22.9 Å². The maximum Gasteiger partial charge on any atom is 0.273 e. The number of hydrogen-bond donors (Lipinski definition) is 1. The van der Waals surface area contributed by atoms with Crippen LogP contribution in [0.25, 0.3) is 6.08 Å². The first kappa shape index (κ1) is 17.7. The largest absolute Gasteiger partial charge is 0.504 e. The van der Waals surface area contributed by atoms with Gasteiger partial charge in [0.1, 0.15) is 0 Å². The van der Waals surface area contributed by atoms with Crippen LogP contribution in [-0.2, 0) is 0 Å². The van der Waals surface area contributed by atoms with E-state index in [1.54, 1.807) is 31.2 Å². The minimum Gasteiger partial charge on any atom is -0.504 e. The van der Waals surface area contributed by atoms with Crippen molar-refractivity contribution in [3.8, 4) is 11.5 Å². The normalized spacial score (nSPS) is 10.8. The third kappa shape index (κ3) is 3.80. The molecule has 2 rings (SSSR count). The average molecular weight is 392 g/mol. The lowest BCUT2D eigenvalue weighted by Gasteiger charge is -2.06. The molecule has 0 aliphatic rings. The molecule has 2 aromatic rings. The average Bonchev–Trinajstić information content (AvgIpc) is 2.54. The minimum atomic E-state index is -0.517. The van der Waals surface area contributed by atoms with E-state index in [1.165, 1.54) is 25.3 Å². The van der Waals surface area contributed by atoms with Crippen LogP contribution in [0.3, 0.4) is 0 Å². The molecule has 6 nitrogen and oxygen atoms in total. The van der Waals surface area contributed by atoms with Crippen LogP contribution < -0.4 is 4.74 Å². The van der Waals surface area contributed by atoms with E-state index in [9.17, 15) is 20.0 Å². The van der Waals surface area contributed by atoms with Crippen LogP contribution in [0.1, 0.15) is 21.5 Å². The molecule has 0 unspecified atom stereocenters. The number of hydrogen-bond acceptors (Lipinski definition) is 5. The lowest BCUT2D eigenvalue weighted by molar-refractivity contribution is -0.385. The first-order valence-corrected chi connectivity index (χ1v) is 7.66. The first-order valence-electron chi connectivity index (χ1n) is 6.87. The number of methoxy groups -OCH3 is 1. The Morgan fingerprint density at radius 2 is 2.04 bits per heavy atom. The number of nitrogens with zero attached hydrogens (tertiary/aromatic N) is 1. The molecule has 0 saturated carbocycles. The number of phenols is 1. The van der Waals surface area contributed by atoms with Crippen molar-refractivity contribution in [2.75, 3.05) is 7.11 Å². The van der Waals surface area contributed by atoms with E-state index < -0.39 is 4.92 Å². The fourth-order valence-corrected chi connectivity index (χ4v) is 2.53. The zero-order chi connectivity index (χ0) is 17.9. The van der Waals surface area contributed by atoms with Gasteiger partial charge in [0.2, 0.25) is 0 Å². The number of ether oxygens (including phenoxy) is 1. The van der Waals surface area contributed by atoms with Crippen molar-refractivity contribution in [2.45, 2.75) is 6.92 Å². The molecule has 0 aliphatic heterocycles. The summed E-state index contributed by atoms with van der Waals surface area (Å²) in [6.07, 6.45) is 2.85. The van der Waals surface area contributed by atoms with Crippen molar-refractivity contribution >= 4 is 33.5 Å². The fraction of sp³-hybridized carbons (Fsp3) is 0.118. The number of carbonyl (C=O) groups is 1. The molecule has 0 aromatic heterocycles. The second-order valence-electron chi connectivity index (χ2n) is 5.00. The van der Waals surface area contributed by atoms with E-state index in [-0.39, 0.29) is 28.5 Å². The van der Waals surface area contributed by atoms with Gasteiger partial charge in [-0.1, -0.05) is 28.1 Å². The smallest absolute Gasteiger partial charge is 0.273 e. The topological polar surface area (TPSA) is 89.7 Å². The molecule has 0 atom stereocenters. The van der Waals surface area contributed by atoms with E-state index in [0.717, 1.165) is 0 Å². The molecule has 0 aliphatic carbocycles. The molecule has 0 fully saturated rings. The van der Waals surface area contributed by atoms with Crippen LogP contribution in [0.15, 0.2) is 40.9 Å². The Kier molecular flexibility index (Phi) is 5.35. The van der Waals surface area contributed by atoms with Crippen LogP contribution in [0.2, 0.25) is 0 Å². The van der Waals surface area contributed by atoms with Crippen LogP contribution in [0.5, 0.6) is 11.5 Å². The monoisotopic (exact) mass is 391 g/mol. The van der Waals surface area contributed by atoms with Crippen LogP contribution >= 0.6 is 15.9 Å². The quantitative estimate of drug-likeness (QED) is 0.355. The number of rotatable bonds is 5. The number of carbonyl (C=O) groups excluding carboxylic acids is 1. The summed E-state index contributed by atoms with van der Waals surface area (Å²) < 4.78 is 5.61. The molecular formula is C17H14BrNO5. The van der Waals surface area contributed by atoms with E-state index in [0.29, 0.717) is 15.6 Å². The van der Waals surface area contributed by atoms with Crippen molar-refractivity contribution < 1.29 is 19.6 Å². The van der Waals surface area contributed by atoms with E-state index in [1.807, 2.05) is 0 Å². The van der Waals surface area contributed by atoms with Crippen LogP contribution in [0, 0.1) is 17.0 Å². The maximum absolute atomic E-state index is 12.2. The lowest BCUT2D eigenvalue weighted by Crippen LogP contribution is -1.98. The van der Waals surface area contributed by atoms with Crippen molar-refractivity contribution in [2.24, 2.45) is 0 Å². The van der Waals surface area contributed by atoms with Gasteiger partial charge in [-0.3, -0.25) is 14.9 Å². The summed E-state index contributed by atoms with van der Waals surface area (Å²) in [5.41, 5.74) is 1.25. The highest BCUT2D eigenvalue weighted by molar-refractivity contribution is 9.10. The highest BCUT2D eigenvalue weighted by Crippen LogP contribution is 2.33. The summed E-state index contributed by atoms with van der Waals surface area (Å²) in [5, 5.41) is 20.6. The number of phenolic OH excluding ortho intramolecular Hbond substituents is 1. The number of aromatic hydroxyl groups is 1. The third-order valence-electron chi connectivity index (χ3n) is 3.40. The Balaban J connectivity index is 2.31. The van der Waals surface area contributed by atoms with Gasteiger partial charge in [0.15, 0.2) is 17.3 Å². The highest BCUT2D eigenvalue weighted by Gasteiger charge is 2.14. The molecule has 0 radical (unpaired) electrons. The maximum atomic E-state index is 12.2. The fourth-order valence-electron chi connectivity index (χ4n) is 2.07. The number of nitro benzene ring substituents is 1. The third-order valence-corrected chi connectivity index (χ3v) is 4.09. The summed E-state index contributed by atoms with van der Waals surface area (Å²) in [6, 6.07) is 7.37. The zero-order valence-electron chi connectivity index (χ0n) is 12.9. The summed E-state index contributed by atoms with van der Waals surface area (Å²) in [4.78, 5) is 22.7. The zero-order valence-corrected chi connectivity index (χ0v) is 14.5. The molecule has 1 N–H and O–H groups in total. The van der Waals surface area contributed by atoms with Crippen molar-refractivity contribution in [3.63, 3.8) is 0 Å². The number of benzene rings is 2. The number of halogens is 1. The van der Waals surface area contributed by atoms with Gasteiger partial charge in [0.05, 0.1) is 12.0 Å². The molecule has 124 valence electrons. The van der Waals surface area contributed by atoms with Crippen molar-refractivity contribution in [1.29, 1.82) is 0 Å². The number of ketones is 1. The van der Waals surface area contributed by atoms with Gasteiger partial charge in [-0.2, -0.15) is 0 Å².